The normalized spacial score (nSPS) is 18.7. The van der Waals surface area contributed by atoms with E-state index >= 15 is 0 Å². The highest BCUT2D eigenvalue weighted by molar-refractivity contribution is 9.09. The van der Waals surface area contributed by atoms with E-state index in [1.54, 1.807) is 6.92 Å². The molecule has 1 saturated heterocycles. The zero-order valence-electron chi connectivity index (χ0n) is 14.2. The predicted molar refractivity (Wildman–Crippen MR) is 92.8 cm³/mol. The van der Waals surface area contributed by atoms with E-state index < -0.39 is 0 Å². The first-order valence-electron chi connectivity index (χ1n) is 8.46. The van der Waals surface area contributed by atoms with Crippen molar-refractivity contribution < 1.29 is 28.5 Å². The predicted octanol–water partition coefficient (Wildman–Crippen LogP) is 3.13. The zero-order valence-corrected chi connectivity index (χ0v) is 15.8. The monoisotopic (exact) mass is 406 g/mol. The maximum atomic E-state index is 11.5. The van der Waals surface area contributed by atoms with Crippen molar-refractivity contribution in [3.63, 3.8) is 0 Å². The van der Waals surface area contributed by atoms with Gasteiger partial charge in [-0.2, -0.15) is 0 Å². The molecule has 0 aromatic carbocycles. The minimum Gasteiger partial charge on any atom is -0.466 e. The Labute approximate surface area is 152 Å². The van der Waals surface area contributed by atoms with Crippen LogP contribution in [0.5, 0.6) is 0 Å². The van der Waals surface area contributed by atoms with Gasteiger partial charge in [0.25, 0.3) is 0 Å². The van der Waals surface area contributed by atoms with Crippen LogP contribution in [0.15, 0.2) is 12.2 Å². The number of hydrogen-bond acceptors (Lipinski definition) is 6. The molecule has 1 fully saturated rings. The third-order valence-corrected chi connectivity index (χ3v) is 3.85. The van der Waals surface area contributed by atoms with Gasteiger partial charge in [-0.15, -0.1) is 0 Å². The van der Waals surface area contributed by atoms with Crippen LogP contribution in [0.1, 0.15) is 45.4 Å². The molecule has 0 amide bonds. The van der Waals surface area contributed by atoms with E-state index in [1.165, 1.54) is 0 Å². The number of rotatable bonds is 12. The van der Waals surface area contributed by atoms with E-state index in [4.69, 9.17) is 18.9 Å². The highest BCUT2D eigenvalue weighted by Crippen LogP contribution is 2.14. The molecule has 1 heterocycles. The molecule has 0 aromatic rings. The summed E-state index contributed by atoms with van der Waals surface area (Å²) in [5, 5.41) is 0.159. The maximum absolute atomic E-state index is 11.5. The summed E-state index contributed by atoms with van der Waals surface area (Å²) in [5.41, 5.74) is 0. The lowest BCUT2D eigenvalue weighted by molar-refractivity contribution is -0.145. The second kappa shape index (κ2) is 13.4. The van der Waals surface area contributed by atoms with Gasteiger partial charge in [0.05, 0.1) is 6.61 Å². The van der Waals surface area contributed by atoms with Gasteiger partial charge in [0.15, 0.2) is 6.29 Å². The molecule has 2 unspecified atom stereocenters. The van der Waals surface area contributed by atoms with Crippen molar-refractivity contribution in [2.75, 3.05) is 25.2 Å². The first-order valence-corrected chi connectivity index (χ1v) is 9.58. The molecule has 0 N–H and O–H groups in total. The highest BCUT2D eigenvalue weighted by atomic mass is 79.9. The minimum absolute atomic E-state index is 0.0892. The molecule has 0 aromatic heterocycles. The molecular formula is C17H27BrO6. The van der Waals surface area contributed by atoms with Crippen molar-refractivity contribution in [3.8, 4) is 0 Å². The van der Waals surface area contributed by atoms with Crippen molar-refractivity contribution in [1.82, 2.24) is 0 Å². The van der Waals surface area contributed by atoms with Crippen molar-refractivity contribution in [2.45, 2.75) is 57.8 Å². The summed E-state index contributed by atoms with van der Waals surface area (Å²) in [4.78, 5) is 22.7. The fourth-order valence-electron chi connectivity index (χ4n) is 2.26. The molecule has 0 radical (unpaired) electrons. The molecular weight excluding hydrogens is 380 g/mol. The highest BCUT2D eigenvalue weighted by Gasteiger charge is 2.16. The van der Waals surface area contributed by atoms with Gasteiger partial charge in [-0.05, 0) is 38.7 Å². The summed E-state index contributed by atoms with van der Waals surface area (Å²) >= 11 is 3.09. The zero-order chi connectivity index (χ0) is 17.6. The number of esters is 2. The molecule has 138 valence electrons. The molecule has 24 heavy (non-hydrogen) atoms. The van der Waals surface area contributed by atoms with Gasteiger partial charge in [0.2, 0.25) is 0 Å². The Hall–Kier alpha value is -0.920. The first-order chi connectivity index (χ1) is 11.7. The van der Waals surface area contributed by atoms with Crippen LogP contribution in [-0.4, -0.2) is 49.5 Å². The van der Waals surface area contributed by atoms with Crippen LogP contribution in [0.3, 0.4) is 0 Å². The van der Waals surface area contributed by atoms with Gasteiger partial charge in [0.1, 0.15) is 11.4 Å². The largest absolute Gasteiger partial charge is 0.466 e. The van der Waals surface area contributed by atoms with E-state index in [0.29, 0.717) is 32.5 Å². The molecule has 1 rings (SSSR count). The molecule has 0 bridgehead atoms. The number of allylic oxidation sites excluding steroid dienone is 1. The number of halogens is 1. The van der Waals surface area contributed by atoms with Crippen molar-refractivity contribution in [2.24, 2.45) is 0 Å². The molecule has 0 aliphatic carbocycles. The number of carbonyl (C=O) groups excluding carboxylic acids is 2. The molecule has 6 nitrogen and oxygen atoms in total. The van der Waals surface area contributed by atoms with Gasteiger partial charge in [-0.1, -0.05) is 22.0 Å². The lowest BCUT2D eigenvalue weighted by Crippen LogP contribution is -2.18. The van der Waals surface area contributed by atoms with Crippen molar-refractivity contribution >= 4 is 27.9 Å². The average Bonchev–Trinajstić information content (AvgIpc) is 3.08. The first kappa shape index (κ1) is 21.1. The summed E-state index contributed by atoms with van der Waals surface area (Å²) < 4.78 is 21.2. The lowest BCUT2D eigenvalue weighted by atomic mass is 10.1. The van der Waals surface area contributed by atoms with E-state index in [9.17, 15) is 9.59 Å². The second-order valence-corrected chi connectivity index (χ2v) is 5.95. The number of ether oxygens (including phenoxy) is 4. The van der Waals surface area contributed by atoms with Crippen LogP contribution in [0.4, 0.5) is 0 Å². The summed E-state index contributed by atoms with van der Waals surface area (Å²) in [7, 11) is 0. The van der Waals surface area contributed by atoms with Crippen LogP contribution < -0.4 is 0 Å². The van der Waals surface area contributed by atoms with Gasteiger partial charge in [0, 0.05) is 26.1 Å². The Morgan fingerprint density at radius 2 is 2.21 bits per heavy atom. The van der Waals surface area contributed by atoms with Crippen LogP contribution in [0.2, 0.25) is 0 Å². The molecule has 1 aliphatic heterocycles. The van der Waals surface area contributed by atoms with Gasteiger partial charge in [-0.25, -0.2) is 0 Å². The Bertz CT molecular complexity index is 393. The fraction of sp³-hybridized carbons (Fsp3) is 0.765. The van der Waals surface area contributed by atoms with Crippen LogP contribution in [0, 0.1) is 0 Å². The quantitative estimate of drug-likeness (QED) is 0.214. The van der Waals surface area contributed by atoms with Crippen LogP contribution in [-0.2, 0) is 28.5 Å². The number of alkyl halides is 1. The standard InChI is InChI=1S/C17H27BrO6/c1-2-21-15(19)9-4-3-7-14(24-16(20)13-18)8-5-11-22-17-10-6-12-23-17/h3,7,14,17H,2,4-6,8-13H2,1H3/b7-3+. The molecule has 2 atom stereocenters. The van der Waals surface area contributed by atoms with Crippen LogP contribution >= 0.6 is 15.9 Å². The topological polar surface area (TPSA) is 71.1 Å². The summed E-state index contributed by atoms with van der Waals surface area (Å²) in [6.45, 7) is 3.50. The van der Waals surface area contributed by atoms with Crippen molar-refractivity contribution in [3.05, 3.63) is 12.2 Å². The SMILES string of the molecule is CCOC(=O)CC/C=C/C(CCCOC1CCCO1)OC(=O)CBr. The van der Waals surface area contributed by atoms with E-state index in [1.807, 2.05) is 12.2 Å². The van der Waals surface area contributed by atoms with Gasteiger partial charge in [-0.3, -0.25) is 9.59 Å². The van der Waals surface area contributed by atoms with E-state index in [-0.39, 0.29) is 29.7 Å². The molecule has 7 heteroatoms. The van der Waals surface area contributed by atoms with Gasteiger partial charge < -0.3 is 18.9 Å². The molecule has 0 spiro atoms. The van der Waals surface area contributed by atoms with Crippen molar-refractivity contribution in [1.29, 1.82) is 0 Å². The average molecular weight is 407 g/mol. The fourth-order valence-corrected chi connectivity index (χ4v) is 2.39. The number of hydrogen-bond donors (Lipinski definition) is 0. The Kier molecular flexibility index (Phi) is 11.8. The van der Waals surface area contributed by atoms with E-state index in [0.717, 1.165) is 25.9 Å². The van der Waals surface area contributed by atoms with E-state index in [2.05, 4.69) is 15.9 Å². The van der Waals surface area contributed by atoms with Gasteiger partial charge >= 0.3 is 11.9 Å². The second-order valence-electron chi connectivity index (χ2n) is 5.39. The third-order valence-electron chi connectivity index (χ3n) is 3.39. The lowest BCUT2D eigenvalue weighted by Gasteiger charge is -2.15. The Morgan fingerprint density at radius 1 is 1.38 bits per heavy atom. The summed E-state index contributed by atoms with van der Waals surface area (Å²) in [6.07, 6.45) is 7.58. The summed E-state index contributed by atoms with van der Waals surface area (Å²) in [5.74, 6) is -0.531. The molecule has 0 saturated carbocycles. The molecule has 1 aliphatic rings. The van der Waals surface area contributed by atoms with Crippen LogP contribution in [0.25, 0.3) is 0 Å². The Morgan fingerprint density at radius 3 is 2.88 bits per heavy atom. The maximum Gasteiger partial charge on any atom is 0.317 e. The third kappa shape index (κ3) is 10.1. The number of carbonyl (C=O) groups is 2. The Balaban J connectivity index is 2.27. The minimum atomic E-state index is -0.314. The summed E-state index contributed by atoms with van der Waals surface area (Å²) in [6, 6.07) is 0. The smallest absolute Gasteiger partial charge is 0.317 e.